The zero-order valence-corrected chi connectivity index (χ0v) is 12.3. The number of thiophene rings is 1. The average molecular weight is 352 g/mol. The van der Waals surface area contributed by atoms with Crippen LogP contribution >= 0.6 is 27.3 Å². The Bertz CT molecular complexity index is 721. The summed E-state index contributed by atoms with van der Waals surface area (Å²) in [7, 11) is 0. The number of hydrogen-bond acceptors (Lipinski definition) is 4. The molecule has 100 valence electrons. The Morgan fingerprint density at radius 2 is 2.30 bits per heavy atom. The number of carbonyl (C=O) groups is 1. The Hall–Kier alpha value is -2.04. The number of hydrogen-bond donors (Lipinski definition) is 1. The van der Waals surface area contributed by atoms with E-state index in [2.05, 4.69) is 26.5 Å². The molecule has 0 radical (unpaired) electrons. The Kier molecular flexibility index (Phi) is 4.61. The number of nitriles is 1. The molecule has 2 aromatic rings. The second kappa shape index (κ2) is 6.41. The summed E-state index contributed by atoms with van der Waals surface area (Å²) in [5, 5.41) is 14.2. The van der Waals surface area contributed by atoms with Crippen LogP contribution in [0.3, 0.4) is 0 Å². The normalized spacial score (nSPS) is 10.4. The van der Waals surface area contributed by atoms with Crippen LogP contribution in [0.15, 0.2) is 39.2 Å². The Balaban J connectivity index is 2.05. The molecule has 4 nitrogen and oxygen atoms in total. The van der Waals surface area contributed by atoms with Gasteiger partial charge in [-0.25, -0.2) is 9.82 Å². The molecule has 1 aromatic heterocycles. The lowest BCUT2D eigenvalue weighted by atomic mass is 10.1. The summed E-state index contributed by atoms with van der Waals surface area (Å²) in [6.07, 6.45) is 1.47. The lowest BCUT2D eigenvalue weighted by Gasteiger charge is -2.01. The van der Waals surface area contributed by atoms with Gasteiger partial charge in [0.15, 0.2) is 0 Å². The molecule has 0 atom stereocenters. The molecule has 0 unspecified atom stereocenters. The molecule has 20 heavy (non-hydrogen) atoms. The van der Waals surface area contributed by atoms with Gasteiger partial charge in [0.05, 0.1) is 23.4 Å². The Labute approximate surface area is 126 Å². The predicted molar refractivity (Wildman–Crippen MR) is 78.2 cm³/mol. The third-order valence-corrected chi connectivity index (χ3v) is 3.92. The SMILES string of the molecule is N#Cc1ccc(C(=O)N/N=C/c2cc(Br)cs2)c(F)c1. The Morgan fingerprint density at radius 1 is 1.50 bits per heavy atom. The molecular weight excluding hydrogens is 345 g/mol. The molecule has 1 N–H and O–H groups in total. The standard InChI is InChI=1S/C13H7BrFN3OS/c14-9-4-10(20-7-9)6-17-18-13(19)11-2-1-8(5-16)3-12(11)15/h1-4,6-7H,(H,18,19)/b17-6+. The van der Waals surface area contributed by atoms with Crippen LogP contribution in [0.4, 0.5) is 4.39 Å². The van der Waals surface area contributed by atoms with Gasteiger partial charge in [-0.05, 0) is 40.2 Å². The summed E-state index contributed by atoms with van der Waals surface area (Å²) in [4.78, 5) is 12.6. The molecule has 0 bridgehead atoms. The lowest BCUT2D eigenvalue weighted by molar-refractivity contribution is 0.0951. The van der Waals surface area contributed by atoms with Crippen LogP contribution in [-0.4, -0.2) is 12.1 Å². The van der Waals surface area contributed by atoms with Gasteiger partial charge in [0.2, 0.25) is 0 Å². The maximum Gasteiger partial charge on any atom is 0.274 e. The quantitative estimate of drug-likeness (QED) is 0.681. The summed E-state index contributed by atoms with van der Waals surface area (Å²) in [6, 6.07) is 7.26. The summed E-state index contributed by atoms with van der Waals surface area (Å²) < 4.78 is 14.5. The van der Waals surface area contributed by atoms with Crippen LogP contribution in [-0.2, 0) is 0 Å². The third-order valence-electron chi connectivity index (χ3n) is 2.29. The number of amides is 1. The molecule has 0 spiro atoms. The van der Waals surface area contributed by atoms with E-state index in [9.17, 15) is 9.18 Å². The van der Waals surface area contributed by atoms with Crippen LogP contribution in [0.1, 0.15) is 20.8 Å². The summed E-state index contributed by atoms with van der Waals surface area (Å²) in [6.45, 7) is 0. The molecule has 7 heteroatoms. The molecule has 1 heterocycles. The molecule has 2 rings (SSSR count). The van der Waals surface area contributed by atoms with Crippen molar-refractivity contribution in [3.8, 4) is 6.07 Å². The molecule has 0 aliphatic carbocycles. The van der Waals surface area contributed by atoms with E-state index in [-0.39, 0.29) is 11.1 Å². The van der Waals surface area contributed by atoms with Gasteiger partial charge in [-0.2, -0.15) is 10.4 Å². The maximum atomic E-state index is 13.6. The van der Waals surface area contributed by atoms with Crippen molar-refractivity contribution in [2.75, 3.05) is 0 Å². The topological polar surface area (TPSA) is 65.2 Å². The first kappa shape index (κ1) is 14.4. The fourth-order valence-electron chi connectivity index (χ4n) is 1.38. The van der Waals surface area contributed by atoms with Gasteiger partial charge in [0, 0.05) is 14.7 Å². The number of halogens is 2. The smallest absolute Gasteiger partial charge is 0.267 e. The Morgan fingerprint density at radius 3 is 2.90 bits per heavy atom. The third kappa shape index (κ3) is 3.50. The minimum atomic E-state index is -0.754. The van der Waals surface area contributed by atoms with Gasteiger partial charge in [-0.3, -0.25) is 4.79 Å². The second-order valence-corrected chi connectivity index (χ2v) is 5.53. The van der Waals surface area contributed by atoms with Crippen molar-refractivity contribution in [3.63, 3.8) is 0 Å². The first-order chi connectivity index (χ1) is 9.60. The molecule has 1 amide bonds. The highest BCUT2D eigenvalue weighted by molar-refractivity contribution is 9.10. The van der Waals surface area contributed by atoms with Crippen molar-refractivity contribution in [1.82, 2.24) is 5.43 Å². The van der Waals surface area contributed by atoms with E-state index >= 15 is 0 Å². The van der Waals surface area contributed by atoms with E-state index in [0.717, 1.165) is 15.4 Å². The van der Waals surface area contributed by atoms with Crippen LogP contribution in [0.2, 0.25) is 0 Å². The van der Waals surface area contributed by atoms with Gasteiger partial charge in [0.1, 0.15) is 5.82 Å². The van der Waals surface area contributed by atoms with E-state index < -0.39 is 11.7 Å². The van der Waals surface area contributed by atoms with Crippen molar-refractivity contribution in [1.29, 1.82) is 5.26 Å². The van der Waals surface area contributed by atoms with Crippen LogP contribution < -0.4 is 5.43 Å². The van der Waals surface area contributed by atoms with E-state index in [1.165, 1.54) is 29.7 Å². The maximum absolute atomic E-state index is 13.6. The zero-order chi connectivity index (χ0) is 14.5. The van der Waals surface area contributed by atoms with Crippen molar-refractivity contribution in [2.45, 2.75) is 0 Å². The molecule has 0 aliphatic rings. The second-order valence-electron chi connectivity index (χ2n) is 3.67. The minimum Gasteiger partial charge on any atom is -0.267 e. The number of hydrazone groups is 1. The van der Waals surface area contributed by atoms with E-state index in [1.807, 2.05) is 11.4 Å². The summed E-state index contributed by atoms with van der Waals surface area (Å²) in [5.74, 6) is -1.42. The molecule has 0 saturated heterocycles. The monoisotopic (exact) mass is 351 g/mol. The van der Waals surface area contributed by atoms with Crippen LogP contribution in [0, 0.1) is 17.1 Å². The van der Waals surface area contributed by atoms with Crippen molar-refractivity contribution >= 4 is 39.4 Å². The van der Waals surface area contributed by atoms with Gasteiger partial charge < -0.3 is 0 Å². The van der Waals surface area contributed by atoms with E-state index in [1.54, 1.807) is 6.07 Å². The first-order valence-electron chi connectivity index (χ1n) is 5.37. The van der Waals surface area contributed by atoms with E-state index in [4.69, 9.17) is 5.26 Å². The molecular formula is C13H7BrFN3OS. The number of nitrogens with zero attached hydrogens (tertiary/aromatic N) is 2. The largest absolute Gasteiger partial charge is 0.274 e. The number of nitrogens with one attached hydrogen (secondary N) is 1. The van der Waals surface area contributed by atoms with Crippen molar-refractivity contribution < 1.29 is 9.18 Å². The van der Waals surface area contributed by atoms with E-state index in [0.29, 0.717) is 0 Å². The highest BCUT2D eigenvalue weighted by Crippen LogP contribution is 2.17. The predicted octanol–water partition coefficient (Wildman–Crippen LogP) is 3.29. The van der Waals surface area contributed by atoms with Crippen LogP contribution in [0.5, 0.6) is 0 Å². The fourth-order valence-corrected chi connectivity index (χ4v) is 2.68. The minimum absolute atomic E-state index is 0.158. The number of rotatable bonds is 3. The van der Waals surface area contributed by atoms with Gasteiger partial charge in [-0.1, -0.05) is 0 Å². The van der Waals surface area contributed by atoms with Crippen molar-refractivity contribution in [3.05, 3.63) is 55.9 Å². The van der Waals surface area contributed by atoms with Gasteiger partial charge in [-0.15, -0.1) is 11.3 Å². The van der Waals surface area contributed by atoms with Crippen molar-refractivity contribution in [2.24, 2.45) is 5.10 Å². The van der Waals surface area contributed by atoms with Gasteiger partial charge >= 0.3 is 0 Å². The van der Waals surface area contributed by atoms with Crippen LogP contribution in [0.25, 0.3) is 0 Å². The molecule has 0 saturated carbocycles. The number of carbonyl (C=O) groups excluding carboxylic acids is 1. The average Bonchev–Trinajstić information content (AvgIpc) is 2.84. The first-order valence-corrected chi connectivity index (χ1v) is 7.04. The lowest BCUT2D eigenvalue weighted by Crippen LogP contribution is -2.19. The zero-order valence-electron chi connectivity index (χ0n) is 9.93. The molecule has 0 fully saturated rings. The summed E-state index contributed by atoms with van der Waals surface area (Å²) >= 11 is 4.75. The summed E-state index contributed by atoms with van der Waals surface area (Å²) in [5.41, 5.74) is 2.23. The van der Waals surface area contributed by atoms with Gasteiger partial charge in [0.25, 0.3) is 5.91 Å². The fraction of sp³-hybridized carbons (Fsp3) is 0. The molecule has 0 aliphatic heterocycles. The highest BCUT2D eigenvalue weighted by atomic mass is 79.9. The highest BCUT2D eigenvalue weighted by Gasteiger charge is 2.11. The molecule has 1 aromatic carbocycles. The number of benzene rings is 1.